The van der Waals surface area contributed by atoms with Crippen LogP contribution >= 0.6 is 0 Å². The molecule has 0 unspecified atom stereocenters. The van der Waals surface area contributed by atoms with Gasteiger partial charge in [0.2, 0.25) is 12.0 Å². The van der Waals surface area contributed by atoms with E-state index in [9.17, 15) is 30.3 Å². The van der Waals surface area contributed by atoms with Gasteiger partial charge < -0.3 is 48.9 Å². The molecule has 0 spiro atoms. The Balaban J connectivity index is 1.76. The van der Waals surface area contributed by atoms with Crippen LogP contribution in [0.15, 0.2) is 39.5 Å². The Morgan fingerprint density at radius 3 is 2.24 bits per heavy atom. The highest BCUT2D eigenvalue weighted by Gasteiger charge is 2.39. The van der Waals surface area contributed by atoms with Gasteiger partial charge in [-0.05, 0) is 12.1 Å². The minimum atomic E-state index is -1.55. The summed E-state index contributed by atoms with van der Waals surface area (Å²) >= 11 is 0. The van der Waals surface area contributed by atoms with Gasteiger partial charge in [0.25, 0.3) is 0 Å². The van der Waals surface area contributed by atoms with Gasteiger partial charge in [-0.25, -0.2) is 0 Å². The molecule has 4 rings (SSSR count). The van der Waals surface area contributed by atoms with Gasteiger partial charge in [0.1, 0.15) is 46.5 Å². The number of phenols is 2. The lowest BCUT2D eigenvalue weighted by atomic mass is 10.1. The van der Waals surface area contributed by atoms with Crippen LogP contribution in [0.25, 0.3) is 22.3 Å². The topological polar surface area (TPSA) is 168 Å². The third-order valence-electron chi connectivity index (χ3n) is 5.25. The van der Waals surface area contributed by atoms with Gasteiger partial charge in [0.05, 0.1) is 20.8 Å². The van der Waals surface area contributed by atoms with E-state index in [2.05, 4.69) is 0 Å². The largest absolute Gasteiger partial charge is 0.507 e. The minimum Gasteiger partial charge on any atom is -0.507 e. The fraction of sp³-hybridized carbons (Fsp3) is 0.318. The molecule has 1 fully saturated rings. The number of rotatable bonds is 5. The van der Waals surface area contributed by atoms with Gasteiger partial charge in [0.15, 0.2) is 16.9 Å². The van der Waals surface area contributed by atoms with E-state index >= 15 is 0 Å². The number of methoxy groups -OCH3 is 2. The molecule has 2 heterocycles. The number of aromatic hydroxyl groups is 2. The molecule has 2 aromatic carbocycles. The molecule has 0 amide bonds. The fourth-order valence-corrected chi connectivity index (χ4v) is 3.51. The van der Waals surface area contributed by atoms with Crippen molar-refractivity contribution < 1.29 is 48.9 Å². The second kappa shape index (κ2) is 8.79. The zero-order valence-corrected chi connectivity index (χ0v) is 17.6. The SMILES string of the molecule is COc1cc(-c2cc(=O)c3c(O)cc(O[C@@H]4OC[C@@H](O)[C@H](O)[C@H]4O)cc3o2)cc(OC)c1O. The Bertz CT molecular complexity index is 1210. The van der Waals surface area contributed by atoms with Gasteiger partial charge in [-0.15, -0.1) is 0 Å². The molecule has 1 aromatic heterocycles. The highest BCUT2D eigenvalue weighted by atomic mass is 16.7. The summed E-state index contributed by atoms with van der Waals surface area (Å²) in [5.74, 6) is -0.400. The maximum Gasteiger partial charge on any atom is 0.228 e. The van der Waals surface area contributed by atoms with Crippen LogP contribution in [0.4, 0.5) is 0 Å². The maximum atomic E-state index is 12.7. The molecular formula is C22H22O11. The molecule has 1 aliphatic rings. The molecule has 1 aliphatic heterocycles. The van der Waals surface area contributed by atoms with E-state index in [0.29, 0.717) is 5.56 Å². The predicted octanol–water partition coefficient (Wildman–Crippen LogP) is 0.706. The number of hydrogen-bond donors (Lipinski definition) is 5. The van der Waals surface area contributed by atoms with Crippen LogP contribution in [0.3, 0.4) is 0 Å². The van der Waals surface area contributed by atoms with Crippen molar-refractivity contribution in [3.05, 3.63) is 40.6 Å². The molecule has 1 saturated heterocycles. The lowest BCUT2D eigenvalue weighted by Gasteiger charge is -2.34. The molecule has 4 atom stereocenters. The third-order valence-corrected chi connectivity index (χ3v) is 5.25. The molecule has 5 N–H and O–H groups in total. The van der Waals surface area contributed by atoms with Crippen LogP contribution in [0.5, 0.6) is 28.7 Å². The van der Waals surface area contributed by atoms with Crippen LogP contribution in [0.2, 0.25) is 0 Å². The highest BCUT2D eigenvalue weighted by Crippen LogP contribution is 2.41. The number of benzene rings is 2. The lowest BCUT2D eigenvalue weighted by Crippen LogP contribution is -2.54. The molecule has 0 saturated carbocycles. The van der Waals surface area contributed by atoms with Crippen molar-refractivity contribution >= 4 is 11.0 Å². The van der Waals surface area contributed by atoms with Crippen molar-refractivity contribution in [3.63, 3.8) is 0 Å². The van der Waals surface area contributed by atoms with Crippen molar-refractivity contribution in [1.29, 1.82) is 0 Å². The Kier molecular flexibility index (Phi) is 6.04. The Morgan fingerprint density at radius 1 is 0.939 bits per heavy atom. The maximum absolute atomic E-state index is 12.7. The van der Waals surface area contributed by atoms with E-state index in [1.54, 1.807) is 0 Å². The van der Waals surface area contributed by atoms with Gasteiger partial charge in [-0.1, -0.05) is 0 Å². The monoisotopic (exact) mass is 462 g/mol. The molecule has 0 bridgehead atoms. The second-order valence-electron chi connectivity index (χ2n) is 7.39. The van der Waals surface area contributed by atoms with Crippen LogP contribution in [0.1, 0.15) is 0 Å². The van der Waals surface area contributed by atoms with Crippen molar-refractivity contribution in [2.45, 2.75) is 24.6 Å². The zero-order chi connectivity index (χ0) is 23.9. The molecule has 11 nitrogen and oxygen atoms in total. The highest BCUT2D eigenvalue weighted by molar-refractivity contribution is 5.86. The number of fused-ring (bicyclic) bond motifs is 1. The van der Waals surface area contributed by atoms with E-state index in [-0.39, 0.29) is 46.3 Å². The first-order valence-electron chi connectivity index (χ1n) is 9.82. The van der Waals surface area contributed by atoms with Crippen LogP contribution in [-0.4, -0.2) is 71.0 Å². The molecule has 0 aliphatic carbocycles. The lowest BCUT2D eigenvalue weighted by molar-refractivity contribution is -0.242. The fourth-order valence-electron chi connectivity index (χ4n) is 3.51. The Labute approximate surface area is 186 Å². The smallest absolute Gasteiger partial charge is 0.228 e. The summed E-state index contributed by atoms with van der Waals surface area (Å²) < 4.78 is 26.8. The van der Waals surface area contributed by atoms with Gasteiger partial charge in [0, 0.05) is 23.8 Å². The average Bonchev–Trinajstić information content (AvgIpc) is 2.79. The van der Waals surface area contributed by atoms with Crippen molar-refractivity contribution in [1.82, 2.24) is 0 Å². The van der Waals surface area contributed by atoms with Gasteiger partial charge >= 0.3 is 0 Å². The number of hydrogen-bond acceptors (Lipinski definition) is 11. The van der Waals surface area contributed by atoms with Crippen molar-refractivity contribution in [2.24, 2.45) is 0 Å². The Hall–Kier alpha value is -3.51. The second-order valence-corrected chi connectivity index (χ2v) is 7.39. The summed E-state index contributed by atoms with van der Waals surface area (Å²) in [7, 11) is 2.71. The zero-order valence-electron chi connectivity index (χ0n) is 17.6. The summed E-state index contributed by atoms with van der Waals surface area (Å²) in [5, 5.41) is 49.8. The number of ether oxygens (including phenoxy) is 4. The molecule has 176 valence electrons. The quantitative estimate of drug-likeness (QED) is 0.362. The van der Waals surface area contributed by atoms with Gasteiger partial charge in [-0.3, -0.25) is 4.79 Å². The van der Waals surface area contributed by atoms with Crippen molar-refractivity contribution in [3.8, 4) is 40.1 Å². The molecule has 11 heteroatoms. The standard InChI is InChI=1S/C22H22O11/c1-29-16-3-9(4-17(30-2)20(16)27)14-7-12(24)18-11(23)5-10(6-15(18)33-14)32-22-21(28)19(26)13(25)8-31-22/h3-7,13,19,21-23,25-28H,8H2,1-2H3/t13-,19+,21-,22+/m1/s1. The summed E-state index contributed by atoms with van der Waals surface area (Å²) in [6, 6.07) is 6.50. The summed E-state index contributed by atoms with van der Waals surface area (Å²) in [5.41, 5.74) is -0.229. The van der Waals surface area contributed by atoms with Crippen molar-refractivity contribution in [2.75, 3.05) is 20.8 Å². The summed E-state index contributed by atoms with van der Waals surface area (Å²) in [6.45, 7) is -0.272. The molecular weight excluding hydrogens is 440 g/mol. The third kappa shape index (κ3) is 4.14. The average molecular weight is 462 g/mol. The van der Waals surface area contributed by atoms with E-state index in [4.69, 9.17) is 23.4 Å². The normalized spacial score (nSPS) is 22.8. The predicted molar refractivity (Wildman–Crippen MR) is 113 cm³/mol. The number of phenolic OH excluding ortho intramolecular Hbond substituents is 2. The van der Waals surface area contributed by atoms with Crippen LogP contribution < -0.4 is 19.6 Å². The Morgan fingerprint density at radius 2 is 1.61 bits per heavy atom. The van der Waals surface area contributed by atoms with Crippen LogP contribution in [-0.2, 0) is 4.74 Å². The minimum absolute atomic E-state index is 0.0196. The number of aliphatic hydroxyl groups excluding tert-OH is 3. The van der Waals surface area contributed by atoms with E-state index in [1.807, 2.05) is 0 Å². The van der Waals surface area contributed by atoms with E-state index < -0.39 is 35.8 Å². The number of aliphatic hydroxyl groups is 3. The molecule has 33 heavy (non-hydrogen) atoms. The van der Waals surface area contributed by atoms with Gasteiger partial charge in [-0.2, -0.15) is 0 Å². The first-order valence-corrected chi connectivity index (χ1v) is 9.82. The first-order chi connectivity index (χ1) is 15.7. The summed E-state index contributed by atoms with van der Waals surface area (Å²) in [6.07, 6.45) is -5.64. The summed E-state index contributed by atoms with van der Waals surface area (Å²) in [4.78, 5) is 12.7. The van der Waals surface area contributed by atoms with E-state index in [0.717, 1.165) is 6.07 Å². The molecule has 0 radical (unpaired) electrons. The molecule has 3 aromatic rings. The van der Waals surface area contributed by atoms with E-state index in [1.165, 1.54) is 38.5 Å². The first kappa shape index (κ1) is 22.7. The van der Waals surface area contributed by atoms with Crippen LogP contribution in [0, 0.1) is 0 Å².